The zero-order chi connectivity index (χ0) is 21.1. The van der Waals surface area contributed by atoms with Crippen molar-refractivity contribution in [1.82, 2.24) is 4.90 Å². The molecule has 0 unspecified atom stereocenters. The third-order valence-corrected chi connectivity index (χ3v) is 5.63. The van der Waals surface area contributed by atoms with Crippen LogP contribution in [0.15, 0.2) is 41.3 Å². The van der Waals surface area contributed by atoms with Crippen LogP contribution in [0.3, 0.4) is 0 Å². The summed E-state index contributed by atoms with van der Waals surface area (Å²) in [4.78, 5) is 26.2. The number of nitrogens with zero attached hydrogens (tertiary/aromatic N) is 1. The number of hydrogen-bond acceptors (Lipinski definition) is 5. The normalized spacial score (nSPS) is 11.2. The number of aryl methyl sites for hydroxylation is 3. The van der Waals surface area contributed by atoms with E-state index in [1.165, 1.54) is 17.0 Å². The quantitative estimate of drug-likeness (QED) is 0.693. The summed E-state index contributed by atoms with van der Waals surface area (Å²) < 4.78 is 28.5. The molecule has 0 aliphatic carbocycles. The molecule has 0 heterocycles. The van der Waals surface area contributed by atoms with Crippen LogP contribution >= 0.6 is 0 Å². The third kappa shape index (κ3) is 5.42. The van der Waals surface area contributed by atoms with Gasteiger partial charge in [-0.3, -0.25) is 4.79 Å². The van der Waals surface area contributed by atoms with E-state index in [-0.39, 0.29) is 16.4 Å². The fourth-order valence-electron chi connectivity index (χ4n) is 2.73. The molecule has 0 radical (unpaired) electrons. The second-order valence-corrected chi connectivity index (χ2v) is 9.02. The Labute approximate surface area is 166 Å². The van der Waals surface area contributed by atoms with Crippen LogP contribution in [0.2, 0.25) is 0 Å². The lowest BCUT2D eigenvalue weighted by Crippen LogP contribution is -2.31. The topological polar surface area (TPSA) is 80.8 Å². The second-order valence-electron chi connectivity index (χ2n) is 7.00. The summed E-state index contributed by atoms with van der Waals surface area (Å²) in [5, 5.41) is 0. The summed E-state index contributed by atoms with van der Waals surface area (Å²) in [6.07, 6.45) is 1.07. The molecule has 150 valence electrons. The Hall–Kier alpha value is -2.67. The van der Waals surface area contributed by atoms with Gasteiger partial charge in [0.1, 0.15) is 0 Å². The van der Waals surface area contributed by atoms with Crippen molar-refractivity contribution in [3.63, 3.8) is 0 Å². The van der Waals surface area contributed by atoms with Crippen molar-refractivity contribution in [1.29, 1.82) is 0 Å². The number of carbonyl (C=O) groups excluding carboxylic acids is 2. The summed E-state index contributed by atoms with van der Waals surface area (Å²) in [6.45, 7) is 5.66. The van der Waals surface area contributed by atoms with Gasteiger partial charge in [-0.1, -0.05) is 29.8 Å². The molecule has 2 aromatic carbocycles. The third-order valence-electron chi connectivity index (χ3n) is 4.52. The Balaban J connectivity index is 2.03. The van der Waals surface area contributed by atoms with Gasteiger partial charge in [-0.25, -0.2) is 13.2 Å². The van der Waals surface area contributed by atoms with E-state index in [0.29, 0.717) is 12.1 Å². The van der Waals surface area contributed by atoms with Gasteiger partial charge in [-0.05, 0) is 49.6 Å². The minimum absolute atomic E-state index is 0.0309. The Morgan fingerprint density at radius 3 is 2.29 bits per heavy atom. The Bertz CT molecular complexity index is 1010. The summed E-state index contributed by atoms with van der Waals surface area (Å²) in [5.41, 5.74) is 3.96. The lowest BCUT2D eigenvalue weighted by molar-refractivity contribution is -0.133. The van der Waals surface area contributed by atoms with Crippen LogP contribution in [0.4, 0.5) is 0 Å². The lowest BCUT2D eigenvalue weighted by Gasteiger charge is -2.19. The number of benzene rings is 2. The Morgan fingerprint density at radius 2 is 1.68 bits per heavy atom. The van der Waals surface area contributed by atoms with E-state index in [4.69, 9.17) is 4.74 Å². The number of esters is 1. The average Bonchev–Trinajstić information content (AvgIpc) is 2.61. The van der Waals surface area contributed by atoms with Gasteiger partial charge in [0, 0.05) is 19.8 Å². The van der Waals surface area contributed by atoms with Gasteiger partial charge in [-0.15, -0.1) is 0 Å². The summed E-state index contributed by atoms with van der Waals surface area (Å²) in [6, 6.07) is 10.3. The molecule has 0 saturated carbocycles. The predicted octanol–water partition coefficient (Wildman–Crippen LogP) is 2.83. The first-order valence-corrected chi connectivity index (χ1v) is 10.7. The predicted molar refractivity (Wildman–Crippen MR) is 107 cm³/mol. The maximum atomic E-state index is 12.3. The molecular formula is C21H25NO5S. The van der Waals surface area contributed by atoms with Gasteiger partial charge in [0.2, 0.25) is 0 Å². The van der Waals surface area contributed by atoms with Crippen molar-refractivity contribution in [3.05, 3.63) is 64.2 Å². The number of carbonyl (C=O) groups is 2. The highest BCUT2D eigenvalue weighted by Crippen LogP contribution is 2.17. The maximum absolute atomic E-state index is 12.3. The molecule has 6 nitrogen and oxygen atoms in total. The highest BCUT2D eigenvalue weighted by molar-refractivity contribution is 7.90. The van der Waals surface area contributed by atoms with Crippen LogP contribution in [-0.2, 0) is 25.9 Å². The lowest BCUT2D eigenvalue weighted by atomic mass is 10.1. The van der Waals surface area contributed by atoms with E-state index in [0.717, 1.165) is 22.9 Å². The van der Waals surface area contributed by atoms with Crippen LogP contribution in [0.25, 0.3) is 0 Å². The average molecular weight is 404 g/mol. The molecule has 2 aromatic rings. The molecule has 0 aliphatic heterocycles. The minimum Gasteiger partial charge on any atom is -0.452 e. The Kier molecular flexibility index (Phi) is 6.61. The monoisotopic (exact) mass is 403 g/mol. The molecule has 0 spiro atoms. The maximum Gasteiger partial charge on any atom is 0.338 e. The summed E-state index contributed by atoms with van der Waals surface area (Å²) in [5.74, 6) is -1.07. The highest BCUT2D eigenvalue weighted by atomic mass is 32.2. The zero-order valence-corrected chi connectivity index (χ0v) is 17.6. The van der Waals surface area contributed by atoms with Crippen LogP contribution in [0.5, 0.6) is 0 Å². The molecule has 0 atom stereocenters. The molecule has 0 fully saturated rings. The first kappa shape index (κ1) is 21.6. The molecule has 7 heteroatoms. The fraction of sp³-hybridized carbons (Fsp3) is 0.333. The van der Waals surface area contributed by atoms with Crippen molar-refractivity contribution < 1.29 is 22.7 Å². The Morgan fingerprint density at radius 1 is 1.00 bits per heavy atom. The van der Waals surface area contributed by atoms with E-state index in [1.807, 2.05) is 32.0 Å². The molecule has 0 aliphatic rings. The van der Waals surface area contributed by atoms with E-state index < -0.39 is 22.4 Å². The van der Waals surface area contributed by atoms with Crippen molar-refractivity contribution in [3.8, 4) is 0 Å². The fourth-order valence-corrected chi connectivity index (χ4v) is 3.38. The summed E-state index contributed by atoms with van der Waals surface area (Å²) >= 11 is 0. The van der Waals surface area contributed by atoms with Gasteiger partial charge in [-0.2, -0.15) is 0 Å². The van der Waals surface area contributed by atoms with Crippen LogP contribution < -0.4 is 0 Å². The molecule has 0 bridgehead atoms. The van der Waals surface area contributed by atoms with Gasteiger partial charge >= 0.3 is 5.97 Å². The van der Waals surface area contributed by atoms with Crippen LogP contribution in [0.1, 0.15) is 32.6 Å². The SMILES string of the molecule is Cc1ccc(CN(C)C(=O)COC(=O)c2cc(S(C)(=O)=O)ccc2C)c(C)c1. The number of rotatable bonds is 6. The number of amides is 1. The van der Waals surface area contributed by atoms with Crippen LogP contribution in [0, 0.1) is 20.8 Å². The first-order chi connectivity index (χ1) is 13.0. The van der Waals surface area contributed by atoms with Gasteiger partial charge in [0.25, 0.3) is 5.91 Å². The number of likely N-dealkylation sites (N-methyl/N-ethyl adjacent to an activating group) is 1. The van der Waals surface area contributed by atoms with Crippen molar-refractivity contribution >= 4 is 21.7 Å². The van der Waals surface area contributed by atoms with Gasteiger partial charge in [0.05, 0.1) is 10.5 Å². The second kappa shape index (κ2) is 8.56. The smallest absolute Gasteiger partial charge is 0.338 e. The van der Waals surface area contributed by atoms with Gasteiger partial charge in [0.15, 0.2) is 16.4 Å². The standard InChI is InChI=1S/C21H25NO5S/c1-14-6-8-17(16(3)10-14)12-22(4)20(23)13-27-21(24)19-11-18(28(5,25)26)9-7-15(19)2/h6-11H,12-13H2,1-5H3. The summed E-state index contributed by atoms with van der Waals surface area (Å²) in [7, 11) is -1.80. The van der Waals surface area contributed by atoms with E-state index in [1.54, 1.807) is 20.0 Å². The minimum atomic E-state index is -3.45. The molecule has 2 rings (SSSR count). The van der Waals surface area contributed by atoms with Crippen molar-refractivity contribution in [2.24, 2.45) is 0 Å². The van der Waals surface area contributed by atoms with Crippen molar-refractivity contribution in [2.75, 3.05) is 19.9 Å². The van der Waals surface area contributed by atoms with Crippen LogP contribution in [-0.4, -0.2) is 45.1 Å². The zero-order valence-electron chi connectivity index (χ0n) is 16.8. The molecule has 28 heavy (non-hydrogen) atoms. The number of sulfone groups is 1. The molecule has 0 aromatic heterocycles. The number of ether oxygens (including phenoxy) is 1. The molecule has 1 amide bonds. The highest BCUT2D eigenvalue weighted by Gasteiger charge is 2.18. The van der Waals surface area contributed by atoms with E-state index in [9.17, 15) is 18.0 Å². The van der Waals surface area contributed by atoms with Gasteiger partial charge < -0.3 is 9.64 Å². The number of hydrogen-bond donors (Lipinski definition) is 0. The van der Waals surface area contributed by atoms with Crippen molar-refractivity contribution in [2.45, 2.75) is 32.2 Å². The largest absolute Gasteiger partial charge is 0.452 e. The molecule has 0 N–H and O–H groups in total. The molecule has 0 saturated heterocycles. The van der Waals surface area contributed by atoms with E-state index in [2.05, 4.69) is 0 Å². The van der Waals surface area contributed by atoms with E-state index >= 15 is 0 Å². The molecular weight excluding hydrogens is 378 g/mol. The first-order valence-electron chi connectivity index (χ1n) is 8.77.